The second-order valence-corrected chi connectivity index (χ2v) is 13.4. The van der Waals surface area contributed by atoms with Crippen LogP contribution in [0.3, 0.4) is 0 Å². The van der Waals surface area contributed by atoms with Gasteiger partial charge in [-0.2, -0.15) is 0 Å². The third-order valence-electron chi connectivity index (χ3n) is 7.69. The second-order valence-electron chi connectivity index (χ2n) is 10.1. The van der Waals surface area contributed by atoms with Crippen molar-refractivity contribution in [1.29, 1.82) is 0 Å². The Hall–Kier alpha value is -2.68. The van der Waals surface area contributed by atoms with Crippen LogP contribution in [0.2, 0.25) is 0 Å². The monoisotopic (exact) mass is 582 g/mol. The number of halogens is 1. The summed E-state index contributed by atoms with van der Waals surface area (Å²) in [6.45, 7) is 0.160. The van der Waals surface area contributed by atoms with Crippen molar-refractivity contribution in [2.24, 2.45) is 22.7 Å². The van der Waals surface area contributed by atoms with E-state index in [2.05, 4.69) is 14.4 Å². The molecule has 6 rings (SSSR count). The van der Waals surface area contributed by atoms with Gasteiger partial charge in [0.25, 0.3) is 5.91 Å². The summed E-state index contributed by atoms with van der Waals surface area (Å²) in [4.78, 5) is 19.5. The number of amides is 1. The molecule has 0 unspecified atom stereocenters. The normalized spacial score (nSPS) is 26.8. The Balaban J connectivity index is 0.00000308. The van der Waals surface area contributed by atoms with Gasteiger partial charge in [0.05, 0.1) is 20.5 Å². The van der Waals surface area contributed by atoms with Crippen molar-refractivity contribution in [3.63, 3.8) is 0 Å². The first-order chi connectivity index (χ1) is 17.9. The average molecular weight is 583 g/mol. The van der Waals surface area contributed by atoms with Crippen molar-refractivity contribution in [1.82, 2.24) is 4.90 Å². The van der Waals surface area contributed by atoms with Crippen LogP contribution in [0.5, 0.6) is 0 Å². The van der Waals surface area contributed by atoms with Crippen molar-refractivity contribution in [3.8, 4) is 0 Å². The largest absolute Gasteiger partial charge is 2.00 e. The van der Waals surface area contributed by atoms with Gasteiger partial charge < -0.3 is 24.4 Å². The molecular formula is C25H23FMgN4O6S2. The van der Waals surface area contributed by atoms with Crippen LogP contribution >= 0.6 is 0 Å². The number of fused-ring (bicyclic) bond motifs is 6. The number of hydrogen-bond donors (Lipinski definition) is 1. The van der Waals surface area contributed by atoms with Gasteiger partial charge in [-0.1, -0.05) is 30.3 Å². The Morgan fingerprint density at radius 2 is 1.85 bits per heavy atom. The number of aliphatic hydroxyl groups is 1. The Labute approximate surface area is 241 Å². The average Bonchev–Trinajstić information content (AvgIpc) is 3.45. The Morgan fingerprint density at radius 3 is 2.54 bits per heavy atom. The molecule has 0 radical (unpaired) electrons. The topological polar surface area (TPSA) is 149 Å². The number of amidine groups is 1. The summed E-state index contributed by atoms with van der Waals surface area (Å²) in [6.07, 6.45) is 3.54. The van der Waals surface area contributed by atoms with E-state index in [1.807, 2.05) is 0 Å². The SMILES string of the molecule is CS(=O)(=O)[N-]c1ccc2c(c1)S(=O)(=O)[N-]C(C1=C(O)[C@@H]3[C@H]4CC[C@@H](C4)[C@@H]3N(Cc3ccc(F)cc3)C1=O)=N2.[Mg+2]. The molecule has 0 saturated heterocycles. The first-order valence-electron chi connectivity index (χ1n) is 12.0. The van der Waals surface area contributed by atoms with Crippen molar-refractivity contribution >= 4 is 66.2 Å². The second kappa shape index (κ2) is 9.75. The van der Waals surface area contributed by atoms with Crippen LogP contribution in [0, 0.1) is 23.6 Å². The first-order valence-corrected chi connectivity index (χ1v) is 15.3. The van der Waals surface area contributed by atoms with Gasteiger partial charge in [-0.15, -0.1) is 5.69 Å². The fraction of sp³-hybridized carbons (Fsp3) is 0.360. The molecule has 0 aromatic heterocycles. The van der Waals surface area contributed by atoms with Gasteiger partial charge in [-0.05, 0) is 60.3 Å². The number of rotatable bonds is 5. The van der Waals surface area contributed by atoms with Gasteiger partial charge in [0, 0.05) is 24.8 Å². The molecule has 4 atom stereocenters. The van der Waals surface area contributed by atoms with E-state index in [4.69, 9.17) is 0 Å². The van der Waals surface area contributed by atoms with E-state index in [1.54, 1.807) is 17.0 Å². The van der Waals surface area contributed by atoms with Crippen LogP contribution in [0.25, 0.3) is 9.44 Å². The summed E-state index contributed by atoms with van der Waals surface area (Å²) >= 11 is 0. The smallest absolute Gasteiger partial charge is 0.577 e. The number of carbonyl (C=O) groups excluding carboxylic acids is 1. The summed E-state index contributed by atoms with van der Waals surface area (Å²) in [6, 6.07) is 9.17. The van der Waals surface area contributed by atoms with Gasteiger partial charge in [0.1, 0.15) is 11.6 Å². The van der Waals surface area contributed by atoms with E-state index in [0.29, 0.717) is 5.56 Å². The maximum atomic E-state index is 13.9. The number of aliphatic imine (C=N–C) groups is 1. The van der Waals surface area contributed by atoms with E-state index >= 15 is 0 Å². The molecule has 39 heavy (non-hydrogen) atoms. The van der Waals surface area contributed by atoms with Crippen LogP contribution in [0.4, 0.5) is 15.8 Å². The van der Waals surface area contributed by atoms with E-state index < -0.39 is 37.6 Å². The third-order valence-corrected chi connectivity index (χ3v) is 9.53. The van der Waals surface area contributed by atoms with Gasteiger partial charge >= 0.3 is 23.1 Å². The molecule has 2 fully saturated rings. The van der Waals surface area contributed by atoms with Crippen molar-refractivity contribution in [2.45, 2.75) is 36.7 Å². The fourth-order valence-corrected chi connectivity index (χ4v) is 7.88. The molecule has 200 valence electrons. The quantitative estimate of drug-likeness (QED) is 0.530. The van der Waals surface area contributed by atoms with Crippen molar-refractivity contribution < 1.29 is 31.1 Å². The number of sulfonamides is 2. The molecule has 2 saturated carbocycles. The summed E-state index contributed by atoms with van der Waals surface area (Å²) < 4.78 is 70.0. The molecule has 0 spiro atoms. The Bertz CT molecular complexity index is 1640. The summed E-state index contributed by atoms with van der Waals surface area (Å²) in [5.41, 5.74) is 0.287. The van der Waals surface area contributed by atoms with Gasteiger partial charge in [-0.3, -0.25) is 4.79 Å². The molecule has 2 aliphatic carbocycles. The zero-order valence-electron chi connectivity index (χ0n) is 20.9. The molecule has 2 aliphatic heterocycles. The molecule has 10 nitrogen and oxygen atoms in total. The molecule has 2 heterocycles. The van der Waals surface area contributed by atoms with Crippen LogP contribution in [-0.2, 0) is 31.4 Å². The van der Waals surface area contributed by atoms with E-state index in [1.165, 1.54) is 24.3 Å². The molecule has 2 aromatic rings. The van der Waals surface area contributed by atoms with Crippen LogP contribution in [0.1, 0.15) is 24.8 Å². The summed E-state index contributed by atoms with van der Waals surface area (Å²) in [5.74, 6) is -1.65. The Morgan fingerprint density at radius 1 is 1.15 bits per heavy atom. The zero-order chi connectivity index (χ0) is 27.0. The van der Waals surface area contributed by atoms with Crippen molar-refractivity contribution in [3.05, 3.63) is 74.6 Å². The Kier molecular flexibility index (Phi) is 6.97. The molecule has 2 bridgehead atoms. The van der Waals surface area contributed by atoms with Crippen LogP contribution in [0.15, 0.2) is 63.7 Å². The van der Waals surface area contributed by atoms with Crippen molar-refractivity contribution in [2.75, 3.05) is 6.26 Å². The van der Waals surface area contributed by atoms with Crippen LogP contribution < -0.4 is 0 Å². The van der Waals surface area contributed by atoms with Gasteiger partial charge in [-0.25, -0.2) is 21.2 Å². The molecule has 1 amide bonds. The van der Waals surface area contributed by atoms with E-state index in [0.717, 1.165) is 31.6 Å². The molecule has 1 N–H and O–H groups in total. The summed E-state index contributed by atoms with van der Waals surface area (Å²) in [5, 5.41) is 11.4. The third kappa shape index (κ3) is 4.91. The molecular weight excluding hydrogens is 560 g/mol. The zero-order valence-corrected chi connectivity index (χ0v) is 23.9. The van der Waals surface area contributed by atoms with E-state index in [-0.39, 0.29) is 81.0 Å². The predicted molar refractivity (Wildman–Crippen MR) is 142 cm³/mol. The predicted octanol–water partition coefficient (Wildman–Crippen LogP) is 3.78. The van der Waals surface area contributed by atoms with E-state index in [9.17, 15) is 31.1 Å². The minimum atomic E-state index is -4.40. The number of carbonyl (C=O) groups is 1. The minimum Gasteiger partial charge on any atom is -0.577 e. The standard InChI is InChI=1S/C25H24FN4O6S2.Mg/c1-37(33,34)28-17-8-9-18-19(11-17)38(35,36)29-24(27-18)21-23(31)20-14-4-5-15(10-14)22(20)30(25(21)32)12-13-2-6-16(26)7-3-13;/h2-3,6-9,11,14-15,20,22H,4-5,10,12H2,1H3,(H2,27,29,31,32);/q-1;+2/p-1/t14-,15-,20+,22-;/m0./s1. The number of hydrogen-bond acceptors (Lipinski definition) is 7. The fourth-order valence-electron chi connectivity index (χ4n) is 6.27. The number of benzene rings is 2. The number of nitrogens with zero attached hydrogens (tertiary/aromatic N) is 4. The maximum absolute atomic E-state index is 13.9. The van der Waals surface area contributed by atoms with Gasteiger partial charge in [0.2, 0.25) is 10.0 Å². The molecule has 4 aliphatic rings. The maximum Gasteiger partial charge on any atom is 2.00 e. The van der Waals surface area contributed by atoms with Gasteiger partial charge in [0.15, 0.2) is 0 Å². The molecule has 2 aromatic carbocycles. The van der Waals surface area contributed by atoms with Crippen LogP contribution in [-0.4, -0.2) is 73.9 Å². The summed E-state index contributed by atoms with van der Waals surface area (Å²) in [7, 11) is -8.18. The first kappa shape index (κ1) is 27.9. The minimum absolute atomic E-state index is 0. The number of aliphatic hydroxyl groups excluding tert-OH is 1. The molecule has 14 heteroatoms.